The number of carbonyl (C=O) groups is 1. The van der Waals surface area contributed by atoms with E-state index in [1.54, 1.807) is 0 Å². The van der Waals surface area contributed by atoms with Crippen LogP contribution in [0.25, 0.3) is 0 Å². The molecule has 2 rings (SSSR count). The van der Waals surface area contributed by atoms with Gasteiger partial charge in [0.05, 0.1) is 0 Å². The maximum atomic E-state index is 12.1. The second-order valence-electron chi connectivity index (χ2n) is 6.35. The van der Waals surface area contributed by atoms with Crippen LogP contribution in [0.4, 0.5) is 0 Å². The Hall–Kier alpha value is -0.370. The third-order valence-corrected chi connectivity index (χ3v) is 4.95. The molecule has 2 aliphatic rings. The van der Waals surface area contributed by atoms with Crippen LogP contribution in [0.5, 0.6) is 0 Å². The van der Waals surface area contributed by atoms with Crippen LogP contribution in [0.2, 0.25) is 0 Å². The molecule has 104 valence electrons. The Morgan fingerprint density at radius 3 is 2.50 bits per heavy atom. The maximum Gasteiger partial charge on any atom is 0.136 e. The SMILES string of the molecule is CCCCCCCCC(=O)C1CC12CCNCC2. The minimum Gasteiger partial charge on any atom is -0.317 e. The molecule has 1 spiro atoms. The van der Waals surface area contributed by atoms with Crippen LogP contribution < -0.4 is 5.32 Å². The third kappa shape index (κ3) is 3.57. The topological polar surface area (TPSA) is 29.1 Å². The molecule has 0 aromatic carbocycles. The number of hydrogen-bond acceptors (Lipinski definition) is 2. The largest absolute Gasteiger partial charge is 0.317 e. The van der Waals surface area contributed by atoms with Gasteiger partial charge in [-0.2, -0.15) is 0 Å². The average Bonchev–Trinajstić information content (AvgIpc) is 3.08. The lowest BCUT2D eigenvalue weighted by Gasteiger charge is -2.23. The Balaban J connectivity index is 1.56. The molecule has 0 amide bonds. The van der Waals surface area contributed by atoms with E-state index in [2.05, 4.69) is 12.2 Å². The Bertz CT molecular complexity index is 268. The van der Waals surface area contributed by atoms with Crippen LogP contribution in [0, 0.1) is 11.3 Å². The summed E-state index contributed by atoms with van der Waals surface area (Å²) in [6, 6.07) is 0. The molecule has 1 heterocycles. The van der Waals surface area contributed by atoms with E-state index < -0.39 is 0 Å². The molecular formula is C16H29NO. The Morgan fingerprint density at radius 1 is 1.11 bits per heavy atom. The highest BCUT2D eigenvalue weighted by Gasteiger charge is 2.56. The van der Waals surface area contributed by atoms with E-state index in [1.165, 1.54) is 51.4 Å². The summed E-state index contributed by atoms with van der Waals surface area (Å²) in [5.74, 6) is 1.02. The highest BCUT2D eigenvalue weighted by Crippen LogP contribution is 2.59. The number of unbranched alkanes of at least 4 members (excludes halogenated alkanes) is 5. The van der Waals surface area contributed by atoms with Gasteiger partial charge in [0.15, 0.2) is 0 Å². The van der Waals surface area contributed by atoms with E-state index in [-0.39, 0.29) is 0 Å². The van der Waals surface area contributed by atoms with Gasteiger partial charge in [-0.15, -0.1) is 0 Å². The van der Waals surface area contributed by atoms with Gasteiger partial charge < -0.3 is 5.32 Å². The molecule has 1 unspecified atom stereocenters. The number of hydrogen-bond donors (Lipinski definition) is 1. The van der Waals surface area contributed by atoms with Gasteiger partial charge in [-0.05, 0) is 44.2 Å². The minimum absolute atomic E-state index is 0.440. The smallest absolute Gasteiger partial charge is 0.136 e. The fourth-order valence-corrected chi connectivity index (χ4v) is 3.53. The summed E-state index contributed by atoms with van der Waals surface area (Å²) in [5.41, 5.74) is 0.449. The Labute approximate surface area is 112 Å². The molecule has 2 heteroatoms. The molecule has 18 heavy (non-hydrogen) atoms. The third-order valence-electron chi connectivity index (χ3n) is 4.95. The maximum absolute atomic E-state index is 12.1. The predicted molar refractivity (Wildman–Crippen MR) is 75.6 cm³/mol. The van der Waals surface area contributed by atoms with Crippen LogP contribution in [0.3, 0.4) is 0 Å². The first-order valence-electron chi connectivity index (χ1n) is 8.02. The van der Waals surface area contributed by atoms with Gasteiger partial charge in [-0.25, -0.2) is 0 Å². The molecule has 0 bridgehead atoms. The number of carbonyl (C=O) groups excluding carboxylic acids is 1. The molecule has 1 saturated carbocycles. The molecule has 2 fully saturated rings. The van der Waals surface area contributed by atoms with Crippen molar-refractivity contribution in [1.82, 2.24) is 5.32 Å². The first kappa shape index (κ1) is 14.0. The van der Waals surface area contributed by atoms with Crippen LogP contribution in [-0.2, 0) is 4.79 Å². The van der Waals surface area contributed by atoms with Crippen molar-refractivity contribution in [2.45, 2.75) is 71.1 Å². The zero-order chi connectivity index (χ0) is 12.8. The summed E-state index contributed by atoms with van der Waals surface area (Å²) in [6.07, 6.45) is 12.2. The molecule has 1 aliphatic carbocycles. The van der Waals surface area contributed by atoms with Crippen molar-refractivity contribution in [3.8, 4) is 0 Å². The normalized spacial score (nSPS) is 25.3. The lowest BCUT2D eigenvalue weighted by molar-refractivity contribution is -0.121. The van der Waals surface area contributed by atoms with Crippen molar-refractivity contribution >= 4 is 5.78 Å². The van der Waals surface area contributed by atoms with Crippen LogP contribution in [-0.4, -0.2) is 18.9 Å². The lowest BCUT2D eigenvalue weighted by atomic mass is 9.90. The fraction of sp³-hybridized carbons (Fsp3) is 0.938. The van der Waals surface area contributed by atoms with Crippen molar-refractivity contribution < 1.29 is 4.79 Å². The molecule has 1 atom stereocenters. The van der Waals surface area contributed by atoms with E-state index in [4.69, 9.17) is 0 Å². The predicted octanol–water partition coefficient (Wildman–Crippen LogP) is 3.70. The summed E-state index contributed by atoms with van der Waals surface area (Å²) in [5, 5.41) is 3.40. The summed E-state index contributed by atoms with van der Waals surface area (Å²) in [6.45, 7) is 4.50. The summed E-state index contributed by atoms with van der Waals surface area (Å²) < 4.78 is 0. The van der Waals surface area contributed by atoms with Gasteiger partial charge in [-0.3, -0.25) is 4.79 Å². The van der Waals surface area contributed by atoms with Gasteiger partial charge >= 0.3 is 0 Å². The van der Waals surface area contributed by atoms with E-state index in [1.807, 2.05) is 0 Å². The van der Waals surface area contributed by atoms with E-state index in [0.717, 1.165) is 25.9 Å². The van der Waals surface area contributed by atoms with Crippen molar-refractivity contribution in [1.29, 1.82) is 0 Å². The lowest BCUT2D eigenvalue weighted by Crippen LogP contribution is -2.30. The highest BCUT2D eigenvalue weighted by atomic mass is 16.1. The van der Waals surface area contributed by atoms with Gasteiger partial charge in [0.1, 0.15) is 5.78 Å². The molecule has 0 radical (unpaired) electrons. The molecule has 1 aliphatic heterocycles. The monoisotopic (exact) mass is 251 g/mol. The minimum atomic E-state index is 0.440. The standard InChI is InChI=1S/C16H29NO/c1-2-3-4-5-6-7-8-15(18)14-13-16(14)9-11-17-12-10-16/h14,17H,2-13H2,1H3. The Morgan fingerprint density at radius 2 is 1.78 bits per heavy atom. The van der Waals surface area contributed by atoms with Crippen LogP contribution in [0.15, 0.2) is 0 Å². The molecule has 1 saturated heterocycles. The van der Waals surface area contributed by atoms with Crippen molar-refractivity contribution in [3.05, 3.63) is 0 Å². The molecular weight excluding hydrogens is 222 g/mol. The number of Topliss-reactive ketones (excluding diaryl/α,β-unsaturated/α-hetero) is 1. The number of piperidine rings is 1. The van der Waals surface area contributed by atoms with Crippen LogP contribution in [0.1, 0.15) is 71.1 Å². The first-order valence-corrected chi connectivity index (χ1v) is 8.02. The van der Waals surface area contributed by atoms with Gasteiger partial charge in [0.2, 0.25) is 0 Å². The van der Waals surface area contributed by atoms with E-state index in [9.17, 15) is 4.79 Å². The molecule has 2 nitrogen and oxygen atoms in total. The first-order chi connectivity index (χ1) is 8.78. The highest BCUT2D eigenvalue weighted by molar-refractivity contribution is 5.84. The second-order valence-corrected chi connectivity index (χ2v) is 6.35. The van der Waals surface area contributed by atoms with Gasteiger partial charge in [-0.1, -0.05) is 39.0 Å². The van der Waals surface area contributed by atoms with Gasteiger partial charge in [0, 0.05) is 12.3 Å². The van der Waals surface area contributed by atoms with Crippen LogP contribution >= 0.6 is 0 Å². The van der Waals surface area contributed by atoms with E-state index >= 15 is 0 Å². The number of ketones is 1. The summed E-state index contributed by atoms with van der Waals surface area (Å²) in [7, 11) is 0. The quantitative estimate of drug-likeness (QED) is 0.667. The van der Waals surface area contributed by atoms with Crippen molar-refractivity contribution in [3.63, 3.8) is 0 Å². The number of rotatable bonds is 8. The zero-order valence-corrected chi connectivity index (χ0v) is 12.0. The number of nitrogens with one attached hydrogen (secondary N) is 1. The zero-order valence-electron chi connectivity index (χ0n) is 12.0. The molecule has 0 aromatic rings. The average molecular weight is 251 g/mol. The second kappa shape index (κ2) is 6.70. The van der Waals surface area contributed by atoms with E-state index in [0.29, 0.717) is 17.1 Å². The van der Waals surface area contributed by atoms with Crippen molar-refractivity contribution in [2.75, 3.05) is 13.1 Å². The summed E-state index contributed by atoms with van der Waals surface area (Å²) in [4.78, 5) is 12.1. The molecule has 0 aromatic heterocycles. The van der Waals surface area contributed by atoms with Crippen molar-refractivity contribution in [2.24, 2.45) is 11.3 Å². The Kier molecular flexibility index (Phi) is 5.23. The molecule has 1 N–H and O–H groups in total. The summed E-state index contributed by atoms with van der Waals surface area (Å²) >= 11 is 0. The van der Waals surface area contributed by atoms with Gasteiger partial charge in [0.25, 0.3) is 0 Å². The fourth-order valence-electron chi connectivity index (χ4n) is 3.53.